The Bertz CT molecular complexity index is 607. The Balaban J connectivity index is 1.86. The van der Waals surface area contributed by atoms with Gasteiger partial charge < -0.3 is 15.3 Å². The van der Waals surface area contributed by atoms with Crippen LogP contribution in [-0.4, -0.2) is 47.8 Å². The van der Waals surface area contributed by atoms with E-state index in [4.69, 9.17) is 5.11 Å². The molecule has 0 spiro atoms. The SMILES string of the molecule is CC(CCNC(=O)N1C[C@@H](C(F)(F)F)[C@H](C(=O)O)C1)c1ccccc1. The first-order chi connectivity index (χ1) is 11.7. The van der Waals surface area contributed by atoms with Crippen molar-refractivity contribution in [1.82, 2.24) is 10.2 Å². The lowest BCUT2D eigenvalue weighted by Crippen LogP contribution is -2.40. The van der Waals surface area contributed by atoms with Gasteiger partial charge >= 0.3 is 18.2 Å². The van der Waals surface area contributed by atoms with Crippen LogP contribution in [0.5, 0.6) is 0 Å². The van der Waals surface area contributed by atoms with Crippen LogP contribution >= 0.6 is 0 Å². The number of nitrogens with zero attached hydrogens (tertiary/aromatic N) is 1. The van der Waals surface area contributed by atoms with Crippen LogP contribution in [0.25, 0.3) is 0 Å². The van der Waals surface area contributed by atoms with Gasteiger partial charge in [-0.3, -0.25) is 4.79 Å². The third-order valence-corrected chi connectivity index (χ3v) is 4.57. The molecule has 1 unspecified atom stereocenters. The fraction of sp³-hybridized carbons (Fsp3) is 0.529. The summed E-state index contributed by atoms with van der Waals surface area (Å²) in [5.74, 6) is -4.99. The maximum absolute atomic E-state index is 12.9. The third kappa shape index (κ3) is 4.87. The third-order valence-electron chi connectivity index (χ3n) is 4.57. The number of aliphatic carboxylic acids is 1. The Labute approximate surface area is 143 Å². The maximum Gasteiger partial charge on any atom is 0.394 e. The number of amides is 2. The molecule has 2 amide bonds. The number of nitrogens with one attached hydrogen (secondary N) is 1. The zero-order valence-corrected chi connectivity index (χ0v) is 13.8. The van der Waals surface area contributed by atoms with Gasteiger partial charge in [-0.15, -0.1) is 0 Å². The minimum Gasteiger partial charge on any atom is -0.481 e. The molecule has 1 fully saturated rings. The minimum absolute atomic E-state index is 0.190. The van der Waals surface area contributed by atoms with Crippen molar-refractivity contribution >= 4 is 12.0 Å². The van der Waals surface area contributed by atoms with Crippen molar-refractivity contribution in [1.29, 1.82) is 0 Å². The van der Waals surface area contributed by atoms with Crippen LogP contribution in [0.15, 0.2) is 30.3 Å². The minimum atomic E-state index is -4.64. The van der Waals surface area contributed by atoms with Crippen LogP contribution in [0, 0.1) is 11.8 Å². The van der Waals surface area contributed by atoms with Gasteiger partial charge in [-0.05, 0) is 17.9 Å². The normalized spacial score (nSPS) is 21.8. The predicted octanol–water partition coefficient (Wildman–Crippen LogP) is 3.08. The highest BCUT2D eigenvalue weighted by molar-refractivity contribution is 5.77. The molecule has 1 aromatic carbocycles. The van der Waals surface area contributed by atoms with Crippen LogP contribution in [0.1, 0.15) is 24.8 Å². The van der Waals surface area contributed by atoms with E-state index in [1.807, 2.05) is 37.3 Å². The van der Waals surface area contributed by atoms with Crippen molar-refractivity contribution in [2.75, 3.05) is 19.6 Å². The number of likely N-dealkylation sites (tertiary alicyclic amines) is 1. The molecule has 2 N–H and O–H groups in total. The second-order valence-electron chi connectivity index (χ2n) is 6.33. The predicted molar refractivity (Wildman–Crippen MR) is 85.1 cm³/mol. The first kappa shape index (κ1) is 19.1. The van der Waals surface area contributed by atoms with Gasteiger partial charge in [0, 0.05) is 19.6 Å². The van der Waals surface area contributed by atoms with Crippen LogP contribution in [0.3, 0.4) is 0 Å². The monoisotopic (exact) mass is 358 g/mol. The molecular weight excluding hydrogens is 337 g/mol. The lowest BCUT2D eigenvalue weighted by molar-refractivity contribution is -0.187. The van der Waals surface area contributed by atoms with Crippen molar-refractivity contribution in [3.05, 3.63) is 35.9 Å². The molecular formula is C17H21F3N2O3. The highest BCUT2D eigenvalue weighted by atomic mass is 19.4. The molecule has 0 bridgehead atoms. The van der Waals surface area contributed by atoms with Crippen LogP contribution in [0.2, 0.25) is 0 Å². The van der Waals surface area contributed by atoms with E-state index in [-0.39, 0.29) is 5.92 Å². The van der Waals surface area contributed by atoms with Crippen LogP contribution in [-0.2, 0) is 4.79 Å². The number of urea groups is 1. The molecule has 3 atom stereocenters. The number of alkyl halides is 3. The molecule has 1 saturated heterocycles. The fourth-order valence-corrected chi connectivity index (χ4v) is 3.01. The van der Waals surface area contributed by atoms with E-state index in [0.29, 0.717) is 13.0 Å². The van der Waals surface area contributed by atoms with Crippen molar-refractivity contribution < 1.29 is 27.9 Å². The van der Waals surface area contributed by atoms with Crippen LogP contribution in [0.4, 0.5) is 18.0 Å². The average Bonchev–Trinajstić information content (AvgIpc) is 3.01. The van der Waals surface area contributed by atoms with Crippen molar-refractivity contribution in [2.24, 2.45) is 11.8 Å². The van der Waals surface area contributed by atoms with Crippen molar-refractivity contribution in [2.45, 2.75) is 25.4 Å². The number of carboxylic acid groups (broad SMARTS) is 1. The molecule has 1 aliphatic heterocycles. The molecule has 1 heterocycles. The summed E-state index contributed by atoms with van der Waals surface area (Å²) < 4.78 is 38.8. The first-order valence-corrected chi connectivity index (χ1v) is 8.07. The Kier molecular flexibility index (Phi) is 5.92. The highest BCUT2D eigenvalue weighted by Crippen LogP contribution is 2.37. The van der Waals surface area contributed by atoms with E-state index < -0.39 is 43.1 Å². The smallest absolute Gasteiger partial charge is 0.394 e. The van der Waals surface area contributed by atoms with Gasteiger partial charge in [0.25, 0.3) is 0 Å². The van der Waals surface area contributed by atoms with Gasteiger partial charge in [0.15, 0.2) is 0 Å². The molecule has 5 nitrogen and oxygen atoms in total. The Hall–Kier alpha value is -2.25. The second kappa shape index (κ2) is 7.76. The molecule has 0 saturated carbocycles. The molecule has 8 heteroatoms. The number of benzene rings is 1. The molecule has 0 aliphatic carbocycles. The Morgan fingerprint density at radius 3 is 2.44 bits per heavy atom. The van der Waals surface area contributed by atoms with Crippen molar-refractivity contribution in [3.63, 3.8) is 0 Å². The summed E-state index contributed by atoms with van der Waals surface area (Å²) in [6.07, 6.45) is -4.01. The van der Waals surface area contributed by atoms with E-state index in [1.165, 1.54) is 0 Å². The van der Waals surface area contributed by atoms with Crippen molar-refractivity contribution in [3.8, 4) is 0 Å². The summed E-state index contributed by atoms with van der Waals surface area (Å²) >= 11 is 0. The van der Waals surface area contributed by atoms with E-state index in [9.17, 15) is 22.8 Å². The molecule has 0 radical (unpaired) electrons. The molecule has 1 aliphatic rings. The van der Waals surface area contributed by atoms with Gasteiger partial charge in [0.05, 0.1) is 11.8 Å². The molecule has 0 aromatic heterocycles. The summed E-state index contributed by atoms with van der Waals surface area (Å²) in [4.78, 5) is 24.0. The summed E-state index contributed by atoms with van der Waals surface area (Å²) in [7, 11) is 0. The lowest BCUT2D eigenvalue weighted by Gasteiger charge is -2.19. The van der Waals surface area contributed by atoms with Crippen LogP contribution < -0.4 is 5.32 Å². The standard InChI is InChI=1S/C17H21F3N2O3/c1-11(12-5-3-2-4-6-12)7-8-21-16(25)22-9-13(15(23)24)14(10-22)17(18,19)20/h2-6,11,13-14H,7-10H2,1H3,(H,21,25)(H,23,24)/t11?,13-,14-/m1/s1. The summed E-state index contributed by atoms with van der Waals surface area (Å²) in [5, 5.41) is 11.5. The molecule has 1 aromatic rings. The number of halogens is 3. The van der Waals surface area contributed by atoms with E-state index >= 15 is 0 Å². The largest absolute Gasteiger partial charge is 0.481 e. The van der Waals surface area contributed by atoms with Gasteiger partial charge in [0.1, 0.15) is 0 Å². The fourth-order valence-electron chi connectivity index (χ4n) is 3.01. The maximum atomic E-state index is 12.9. The summed E-state index contributed by atoms with van der Waals surface area (Å²) in [5.41, 5.74) is 1.11. The highest BCUT2D eigenvalue weighted by Gasteiger charge is 2.53. The number of carboxylic acids is 1. The Morgan fingerprint density at radius 1 is 1.28 bits per heavy atom. The quantitative estimate of drug-likeness (QED) is 0.850. The molecule has 25 heavy (non-hydrogen) atoms. The van der Waals surface area contributed by atoms with E-state index in [1.54, 1.807) is 0 Å². The molecule has 138 valence electrons. The zero-order valence-electron chi connectivity index (χ0n) is 13.8. The van der Waals surface area contributed by atoms with Gasteiger partial charge in [-0.2, -0.15) is 13.2 Å². The zero-order chi connectivity index (χ0) is 18.6. The Morgan fingerprint density at radius 2 is 1.92 bits per heavy atom. The second-order valence-corrected chi connectivity index (χ2v) is 6.33. The van der Waals surface area contributed by atoms with Gasteiger partial charge in [-0.25, -0.2) is 4.79 Å². The number of carbonyl (C=O) groups excluding carboxylic acids is 1. The lowest BCUT2D eigenvalue weighted by atomic mass is 9.96. The number of carbonyl (C=O) groups is 2. The van der Waals surface area contributed by atoms with E-state index in [0.717, 1.165) is 10.5 Å². The van der Waals surface area contributed by atoms with Gasteiger partial charge in [0.2, 0.25) is 0 Å². The van der Waals surface area contributed by atoms with Gasteiger partial charge in [-0.1, -0.05) is 37.3 Å². The summed E-state index contributed by atoms with van der Waals surface area (Å²) in [6.45, 7) is 1.25. The number of hydrogen-bond acceptors (Lipinski definition) is 2. The molecule has 2 rings (SSSR count). The average molecular weight is 358 g/mol. The number of rotatable bonds is 5. The topological polar surface area (TPSA) is 69.6 Å². The first-order valence-electron chi connectivity index (χ1n) is 8.07. The number of hydrogen-bond donors (Lipinski definition) is 2. The summed E-state index contributed by atoms with van der Waals surface area (Å²) in [6, 6.07) is 9.02. The van der Waals surface area contributed by atoms with E-state index in [2.05, 4.69) is 5.32 Å².